The number of rotatable bonds is 9. The van der Waals surface area contributed by atoms with Gasteiger partial charge in [0.05, 0.1) is 11.8 Å². The second-order valence-corrected chi connectivity index (χ2v) is 7.66. The van der Waals surface area contributed by atoms with Crippen molar-refractivity contribution in [2.45, 2.75) is 73.8 Å². The van der Waals surface area contributed by atoms with Crippen molar-refractivity contribution in [3.05, 3.63) is 24.8 Å². The molecule has 4 heteroatoms. The van der Waals surface area contributed by atoms with Crippen LogP contribution in [0, 0.1) is 17.3 Å². The first-order chi connectivity index (χ1) is 10.8. The second kappa shape index (κ2) is 11.9. The van der Waals surface area contributed by atoms with Gasteiger partial charge >= 0.3 is 11.9 Å². The molecule has 2 unspecified atom stereocenters. The third kappa shape index (κ3) is 14.0. The molecule has 0 spiro atoms. The SMILES string of the molecule is C=C(C)CC(C)OC(=O)C(C)C.C=CCC(C)(C)CC(C)C(=O)O. The number of allylic oxidation sites excluding steroid dienone is 1. The molecule has 0 aromatic heterocycles. The van der Waals surface area contributed by atoms with Crippen LogP contribution in [0.25, 0.3) is 0 Å². The zero-order valence-corrected chi connectivity index (χ0v) is 16.5. The lowest BCUT2D eigenvalue weighted by molar-refractivity contribution is -0.151. The molecule has 0 aliphatic carbocycles. The van der Waals surface area contributed by atoms with E-state index in [9.17, 15) is 9.59 Å². The van der Waals surface area contributed by atoms with Gasteiger partial charge in [-0.05, 0) is 32.1 Å². The van der Waals surface area contributed by atoms with E-state index in [0.29, 0.717) is 6.42 Å². The molecule has 4 nitrogen and oxygen atoms in total. The van der Waals surface area contributed by atoms with Crippen LogP contribution in [0.2, 0.25) is 0 Å². The van der Waals surface area contributed by atoms with E-state index in [1.165, 1.54) is 0 Å². The summed E-state index contributed by atoms with van der Waals surface area (Å²) in [5.74, 6) is -1.16. The quantitative estimate of drug-likeness (QED) is 0.460. The summed E-state index contributed by atoms with van der Waals surface area (Å²) in [4.78, 5) is 21.6. The fraction of sp³-hybridized carbons (Fsp3) is 0.700. The molecule has 0 fully saturated rings. The number of carbonyl (C=O) groups is 2. The predicted octanol–water partition coefficient (Wildman–Crippen LogP) is 5.24. The van der Waals surface area contributed by atoms with E-state index >= 15 is 0 Å². The number of carboxylic acids is 1. The molecule has 1 N–H and O–H groups in total. The number of esters is 1. The molecule has 0 rings (SSSR count). The zero-order valence-electron chi connectivity index (χ0n) is 16.5. The second-order valence-electron chi connectivity index (χ2n) is 7.66. The van der Waals surface area contributed by atoms with Crippen molar-refractivity contribution < 1.29 is 19.4 Å². The van der Waals surface area contributed by atoms with Crippen molar-refractivity contribution in [2.24, 2.45) is 17.3 Å². The van der Waals surface area contributed by atoms with Crippen LogP contribution in [0.3, 0.4) is 0 Å². The Hall–Kier alpha value is -1.58. The van der Waals surface area contributed by atoms with E-state index < -0.39 is 5.97 Å². The van der Waals surface area contributed by atoms with Crippen LogP contribution < -0.4 is 0 Å². The average molecular weight is 341 g/mol. The highest BCUT2D eigenvalue weighted by Gasteiger charge is 2.23. The van der Waals surface area contributed by atoms with Crippen molar-refractivity contribution in [3.8, 4) is 0 Å². The fourth-order valence-electron chi connectivity index (χ4n) is 2.26. The van der Waals surface area contributed by atoms with Crippen molar-refractivity contribution in [2.75, 3.05) is 0 Å². The number of hydrogen-bond acceptors (Lipinski definition) is 3. The van der Waals surface area contributed by atoms with Crippen molar-refractivity contribution in [1.29, 1.82) is 0 Å². The maximum absolute atomic E-state index is 11.1. The first kappa shape index (κ1) is 24.7. The molecule has 0 amide bonds. The Labute approximate surface area is 148 Å². The molecule has 0 heterocycles. The van der Waals surface area contributed by atoms with Gasteiger partial charge in [-0.15, -0.1) is 13.2 Å². The standard InChI is InChI=1S/2C10H18O2/c1-7(2)6-9(5)12-10(11)8(3)4;1-5-6-10(3,4)7-8(2)9(11)12/h8-9H,1,6H2,2-5H3;5,8H,1,6-7H2,2-4H3,(H,11,12). The van der Waals surface area contributed by atoms with Gasteiger partial charge in [0.25, 0.3) is 0 Å². The lowest BCUT2D eigenvalue weighted by Gasteiger charge is -2.24. The van der Waals surface area contributed by atoms with Gasteiger partial charge in [0.15, 0.2) is 0 Å². The normalized spacial score (nSPS) is 13.3. The highest BCUT2D eigenvalue weighted by molar-refractivity contribution is 5.71. The largest absolute Gasteiger partial charge is 0.481 e. The summed E-state index contributed by atoms with van der Waals surface area (Å²) >= 11 is 0. The van der Waals surface area contributed by atoms with Gasteiger partial charge in [-0.3, -0.25) is 9.59 Å². The maximum Gasteiger partial charge on any atom is 0.308 e. The van der Waals surface area contributed by atoms with Gasteiger partial charge in [-0.2, -0.15) is 0 Å². The highest BCUT2D eigenvalue weighted by Crippen LogP contribution is 2.29. The zero-order chi connectivity index (χ0) is 19.5. The Morgan fingerprint density at radius 3 is 2.04 bits per heavy atom. The van der Waals surface area contributed by atoms with Crippen LogP contribution in [-0.2, 0) is 14.3 Å². The molecule has 0 aromatic carbocycles. The van der Waals surface area contributed by atoms with Crippen molar-refractivity contribution >= 4 is 11.9 Å². The first-order valence-corrected chi connectivity index (χ1v) is 8.51. The van der Waals surface area contributed by atoms with Gasteiger partial charge in [0, 0.05) is 6.42 Å². The molecule has 0 aromatic rings. The van der Waals surface area contributed by atoms with E-state index in [0.717, 1.165) is 18.4 Å². The summed E-state index contributed by atoms with van der Waals surface area (Å²) in [5, 5.41) is 8.69. The summed E-state index contributed by atoms with van der Waals surface area (Å²) in [7, 11) is 0. The summed E-state index contributed by atoms with van der Waals surface area (Å²) in [6.07, 6.45) is 4.11. The number of carbonyl (C=O) groups excluding carboxylic acids is 1. The number of aliphatic carboxylic acids is 1. The number of hydrogen-bond donors (Lipinski definition) is 1. The maximum atomic E-state index is 11.1. The average Bonchev–Trinajstić information content (AvgIpc) is 2.37. The van der Waals surface area contributed by atoms with Crippen LogP contribution in [0.4, 0.5) is 0 Å². The van der Waals surface area contributed by atoms with Gasteiger partial charge in [0.2, 0.25) is 0 Å². The molecular weight excluding hydrogens is 304 g/mol. The summed E-state index contributed by atoms with van der Waals surface area (Å²) in [6, 6.07) is 0. The van der Waals surface area contributed by atoms with E-state index in [1.807, 2.05) is 33.8 Å². The summed E-state index contributed by atoms with van der Waals surface area (Å²) < 4.78 is 5.12. The molecule has 2 atom stereocenters. The lowest BCUT2D eigenvalue weighted by Crippen LogP contribution is -2.20. The Bertz CT molecular complexity index is 421. The smallest absolute Gasteiger partial charge is 0.308 e. The molecule has 24 heavy (non-hydrogen) atoms. The van der Waals surface area contributed by atoms with Gasteiger partial charge in [-0.25, -0.2) is 0 Å². The molecule has 0 radical (unpaired) electrons. The minimum absolute atomic E-state index is 0.0439. The van der Waals surface area contributed by atoms with E-state index in [-0.39, 0.29) is 29.3 Å². The molecule has 0 saturated heterocycles. The number of carboxylic acid groups (broad SMARTS) is 1. The molecule has 140 valence electrons. The summed E-state index contributed by atoms with van der Waals surface area (Å²) in [6.45, 7) is 20.7. The Morgan fingerprint density at radius 2 is 1.71 bits per heavy atom. The molecule has 0 bridgehead atoms. The fourth-order valence-corrected chi connectivity index (χ4v) is 2.26. The molecule has 0 aliphatic rings. The molecule has 0 saturated carbocycles. The van der Waals surface area contributed by atoms with Crippen molar-refractivity contribution in [1.82, 2.24) is 0 Å². The van der Waals surface area contributed by atoms with Crippen molar-refractivity contribution in [3.63, 3.8) is 0 Å². The van der Waals surface area contributed by atoms with Gasteiger partial charge in [-0.1, -0.05) is 46.3 Å². The van der Waals surface area contributed by atoms with E-state index in [2.05, 4.69) is 27.0 Å². The van der Waals surface area contributed by atoms with Crippen LogP contribution in [-0.4, -0.2) is 23.1 Å². The Balaban J connectivity index is 0. The van der Waals surface area contributed by atoms with Crippen LogP contribution in [0.15, 0.2) is 24.8 Å². The van der Waals surface area contributed by atoms with Crippen LogP contribution >= 0.6 is 0 Å². The number of ether oxygens (including phenoxy) is 1. The molecular formula is C20H36O4. The minimum Gasteiger partial charge on any atom is -0.481 e. The first-order valence-electron chi connectivity index (χ1n) is 8.51. The topological polar surface area (TPSA) is 63.6 Å². The van der Waals surface area contributed by atoms with Gasteiger partial charge in [0.1, 0.15) is 6.10 Å². The highest BCUT2D eigenvalue weighted by atomic mass is 16.5. The predicted molar refractivity (Wildman–Crippen MR) is 99.8 cm³/mol. The summed E-state index contributed by atoms with van der Waals surface area (Å²) in [5.41, 5.74) is 1.10. The Morgan fingerprint density at radius 1 is 1.21 bits per heavy atom. The third-order valence-corrected chi connectivity index (χ3v) is 3.40. The van der Waals surface area contributed by atoms with Crippen LogP contribution in [0.1, 0.15) is 67.7 Å². The minimum atomic E-state index is -0.716. The van der Waals surface area contributed by atoms with E-state index in [1.54, 1.807) is 6.92 Å². The Kier molecular flexibility index (Phi) is 12.2. The van der Waals surface area contributed by atoms with Crippen LogP contribution in [0.5, 0.6) is 0 Å². The third-order valence-electron chi connectivity index (χ3n) is 3.40. The lowest BCUT2D eigenvalue weighted by atomic mass is 9.81. The monoisotopic (exact) mass is 340 g/mol. The van der Waals surface area contributed by atoms with Gasteiger partial charge < -0.3 is 9.84 Å². The van der Waals surface area contributed by atoms with E-state index in [4.69, 9.17) is 9.84 Å². The molecule has 0 aliphatic heterocycles.